The molecule has 2 aromatic heterocycles. The number of hydrogen-bond acceptors (Lipinski definition) is 11. The Hall–Kier alpha value is -5.08. The summed E-state index contributed by atoms with van der Waals surface area (Å²) in [6.45, 7) is 7.10. The maximum atomic E-state index is 15.7. The van der Waals surface area contributed by atoms with Crippen molar-refractivity contribution in [1.29, 1.82) is 0 Å². The molecule has 2 aliphatic heterocycles. The van der Waals surface area contributed by atoms with E-state index in [2.05, 4.69) is 45.9 Å². The quantitative estimate of drug-likeness (QED) is 0.0637. The van der Waals surface area contributed by atoms with Gasteiger partial charge in [0.25, 0.3) is 0 Å². The molecular formula is C34H34ClF5N10O4. The third kappa shape index (κ3) is 8.19. The smallest absolute Gasteiger partial charge is 0.365 e. The standard InChI is InChI=1S/C34H34ClF5N10O4/c35-22-17-19(1-3-23(22)36)43-31(21-18-25(38)26(39)29-27(21)44-33(45-29)41-5-7-48-9-13-52-14-10-48)47-54-32(51)20-2-4-24(37)28-30(20)50(40)34(46-28)42-6-8-49-11-15-53-16-12-49/h1-4,17-18H,5-16H2,(H,42,46)(H,43,47)(H2,41,44,45). The number of nitrogens with zero attached hydrogens (tertiary/aromatic N) is 6. The molecule has 2 aliphatic rings. The number of aromatic nitrogens is 4. The van der Waals surface area contributed by atoms with E-state index in [1.807, 2.05) is 0 Å². The number of morpholine rings is 2. The van der Waals surface area contributed by atoms with Gasteiger partial charge < -0.3 is 29.9 Å². The van der Waals surface area contributed by atoms with Gasteiger partial charge in [0.05, 0.1) is 48.2 Å². The molecule has 0 saturated carbocycles. The molecule has 20 heteroatoms. The largest absolute Gasteiger partial charge is 0.379 e. The van der Waals surface area contributed by atoms with Gasteiger partial charge in [0, 0.05) is 57.9 Å². The molecule has 3 aromatic carbocycles. The zero-order valence-corrected chi connectivity index (χ0v) is 29.3. The van der Waals surface area contributed by atoms with Crippen LogP contribution in [-0.4, -0.2) is 120 Å². The molecule has 0 aliphatic carbocycles. The number of halogens is 6. The molecule has 0 spiro atoms. The highest BCUT2D eigenvalue weighted by molar-refractivity contribution is 6.31. The fourth-order valence-corrected chi connectivity index (χ4v) is 6.22. The predicted molar refractivity (Wildman–Crippen MR) is 190 cm³/mol. The van der Waals surface area contributed by atoms with E-state index in [0.717, 1.165) is 43.4 Å². The highest BCUT2D eigenvalue weighted by atomic mass is 35.5. The lowest BCUT2D eigenvalue weighted by atomic mass is 10.1. The number of carbonyl (C=O) groups is 1. The lowest BCUT2D eigenvalue weighted by Crippen LogP contribution is -2.39. The van der Waals surface area contributed by atoms with Crippen LogP contribution in [0.5, 0.6) is 0 Å². The molecule has 54 heavy (non-hydrogen) atoms. The molecule has 0 atom stereocenters. The van der Waals surface area contributed by atoms with Crippen molar-refractivity contribution in [1.82, 2.24) is 35.0 Å². The summed E-state index contributed by atoms with van der Waals surface area (Å²) in [5.74, 6) is -6.01. The van der Waals surface area contributed by atoms with Crippen molar-refractivity contribution in [2.45, 2.75) is 0 Å². The Morgan fingerprint density at radius 3 is 2.20 bits per heavy atom. The number of imidazole rings is 2. The van der Waals surface area contributed by atoms with Crippen LogP contribution in [0, 0.1) is 23.3 Å². The van der Waals surface area contributed by atoms with Crippen LogP contribution in [0.4, 0.5) is 39.6 Å². The lowest BCUT2D eigenvalue weighted by Gasteiger charge is -2.26. The summed E-state index contributed by atoms with van der Waals surface area (Å²) >= 11 is 5.97. The van der Waals surface area contributed by atoms with Crippen molar-refractivity contribution in [2.75, 3.05) is 89.4 Å². The van der Waals surface area contributed by atoms with E-state index in [1.165, 1.54) is 6.07 Å². The summed E-state index contributed by atoms with van der Waals surface area (Å²) in [6, 6.07) is 6.15. The van der Waals surface area contributed by atoms with Crippen LogP contribution in [-0.2, 0) is 14.3 Å². The fourth-order valence-electron chi connectivity index (χ4n) is 6.04. The van der Waals surface area contributed by atoms with Gasteiger partial charge in [-0.1, -0.05) is 16.1 Å². The summed E-state index contributed by atoms with van der Waals surface area (Å²) in [7, 11) is 0. The zero-order valence-electron chi connectivity index (χ0n) is 28.5. The Balaban J connectivity index is 1.16. The number of carbonyl (C=O) groups excluding carboxylic acids is 1. The van der Waals surface area contributed by atoms with Gasteiger partial charge in [-0.15, -0.1) is 4.79 Å². The monoisotopic (exact) mass is 776 g/mol. The first-order chi connectivity index (χ1) is 26.2. The molecule has 2 fully saturated rings. The zero-order chi connectivity index (χ0) is 37.8. The summed E-state index contributed by atoms with van der Waals surface area (Å²) < 4.78 is 85.5. The van der Waals surface area contributed by atoms with Crippen LogP contribution < -0.4 is 16.1 Å². The second kappa shape index (κ2) is 16.5. The third-order valence-electron chi connectivity index (χ3n) is 8.86. The van der Waals surface area contributed by atoms with E-state index in [4.69, 9.17) is 25.9 Å². The molecule has 2 saturated heterocycles. The topological polar surface area (TPSA) is 146 Å². The van der Waals surface area contributed by atoms with E-state index in [-0.39, 0.29) is 50.9 Å². The Morgan fingerprint density at radius 1 is 0.852 bits per heavy atom. The Labute approximate surface area is 309 Å². The third-order valence-corrected chi connectivity index (χ3v) is 9.15. The Morgan fingerprint density at radius 2 is 1.52 bits per heavy atom. The van der Waals surface area contributed by atoms with Crippen molar-refractivity contribution < 1.29 is 41.1 Å². The number of ether oxygens (including phenoxy) is 2. The van der Waals surface area contributed by atoms with Gasteiger partial charge in [0.1, 0.15) is 22.4 Å². The number of anilines is 2. The minimum atomic E-state index is -1.31. The van der Waals surface area contributed by atoms with Gasteiger partial charge in [0.15, 0.2) is 23.3 Å². The molecule has 14 nitrogen and oxygen atoms in total. The molecule has 5 aromatic rings. The fraction of sp³-hybridized carbons (Fsp3) is 0.353. The SMILES string of the molecule is O=C(ONC(=Nc1ccc(F)c(Cl)c1)c1cc(F)c(F)c2nc(NCCN3CCOCC3)[nH]c12)c1ccc(F)c2nc(NCCN3CCOCC3)n(F)c12. The molecule has 7 rings (SSSR count). The minimum absolute atomic E-state index is 0.0278. The number of fused-ring (bicyclic) bond motifs is 2. The number of hydroxylamine groups is 1. The second-order valence-electron chi connectivity index (χ2n) is 12.3. The summed E-state index contributed by atoms with van der Waals surface area (Å²) in [5.41, 5.74) is 0.384. The number of rotatable bonds is 11. The molecular weight excluding hydrogens is 743 g/mol. The van der Waals surface area contributed by atoms with E-state index in [1.54, 1.807) is 0 Å². The number of aliphatic imine (C=N–C) groups is 1. The van der Waals surface area contributed by atoms with Gasteiger partial charge in [-0.3, -0.25) is 9.80 Å². The van der Waals surface area contributed by atoms with Crippen LogP contribution >= 0.6 is 11.6 Å². The van der Waals surface area contributed by atoms with Crippen molar-refractivity contribution in [3.8, 4) is 0 Å². The molecule has 4 N–H and O–H groups in total. The first-order valence-corrected chi connectivity index (χ1v) is 17.4. The molecule has 0 radical (unpaired) electrons. The van der Waals surface area contributed by atoms with E-state index >= 15 is 13.3 Å². The lowest BCUT2D eigenvalue weighted by molar-refractivity contribution is 0.0388. The summed E-state index contributed by atoms with van der Waals surface area (Å²) in [5, 5.41) is 5.59. The summed E-state index contributed by atoms with van der Waals surface area (Å²) in [4.78, 5) is 38.6. The summed E-state index contributed by atoms with van der Waals surface area (Å²) in [6.07, 6.45) is 0. The van der Waals surface area contributed by atoms with Crippen LogP contribution in [0.2, 0.25) is 5.02 Å². The number of nitrogens with one attached hydrogen (secondary N) is 4. The highest BCUT2D eigenvalue weighted by Crippen LogP contribution is 2.29. The Kier molecular flexibility index (Phi) is 11.4. The van der Waals surface area contributed by atoms with E-state index in [0.29, 0.717) is 59.2 Å². The molecule has 0 amide bonds. The van der Waals surface area contributed by atoms with Gasteiger partial charge >= 0.3 is 5.97 Å². The van der Waals surface area contributed by atoms with Crippen LogP contribution in [0.1, 0.15) is 15.9 Å². The van der Waals surface area contributed by atoms with Crippen LogP contribution in [0.15, 0.2) is 41.4 Å². The predicted octanol–water partition coefficient (Wildman–Crippen LogP) is 4.78. The van der Waals surface area contributed by atoms with Gasteiger partial charge in [-0.25, -0.2) is 37.3 Å². The first-order valence-electron chi connectivity index (χ1n) is 17.0. The number of amidine groups is 1. The first kappa shape index (κ1) is 37.2. The van der Waals surface area contributed by atoms with E-state index < -0.39 is 51.4 Å². The molecule has 0 unspecified atom stereocenters. The number of benzene rings is 3. The Bertz CT molecular complexity index is 2190. The molecule has 4 heterocycles. The number of aromatic amines is 1. The number of hydrogen-bond donors (Lipinski definition) is 4. The average Bonchev–Trinajstić information content (AvgIpc) is 3.76. The van der Waals surface area contributed by atoms with Crippen LogP contribution in [0.3, 0.4) is 0 Å². The van der Waals surface area contributed by atoms with E-state index in [9.17, 15) is 13.6 Å². The highest BCUT2D eigenvalue weighted by Gasteiger charge is 2.25. The molecule has 0 bridgehead atoms. The molecule has 286 valence electrons. The van der Waals surface area contributed by atoms with Crippen molar-refractivity contribution in [3.63, 3.8) is 0 Å². The maximum absolute atomic E-state index is 15.7. The van der Waals surface area contributed by atoms with Crippen LogP contribution in [0.25, 0.3) is 22.1 Å². The number of H-pyrrole nitrogens is 1. The minimum Gasteiger partial charge on any atom is -0.379 e. The van der Waals surface area contributed by atoms with Crippen molar-refractivity contribution >= 4 is 63.1 Å². The second-order valence-corrected chi connectivity index (χ2v) is 12.8. The van der Waals surface area contributed by atoms with Crippen molar-refractivity contribution in [3.05, 3.63) is 75.8 Å². The maximum Gasteiger partial charge on any atom is 0.365 e. The average molecular weight is 777 g/mol. The van der Waals surface area contributed by atoms with Gasteiger partial charge in [0.2, 0.25) is 11.9 Å². The van der Waals surface area contributed by atoms with Crippen molar-refractivity contribution in [2.24, 2.45) is 4.99 Å². The normalized spacial score (nSPS) is 15.9. The van der Waals surface area contributed by atoms with Gasteiger partial charge in [-0.2, -0.15) is 5.48 Å². The van der Waals surface area contributed by atoms with Gasteiger partial charge in [-0.05, 0) is 36.4 Å².